The molecule has 0 aliphatic rings. The number of aromatic nitrogens is 2. The van der Waals surface area contributed by atoms with Crippen molar-refractivity contribution in [2.75, 3.05) is 12.4 Å². The van der Waals surface area contributed by atoms with E-state index in [2.05, 4.69) is 15.3 Å². The van der Waals surface area contributed by atoms with Gasteiger partial charge in [0.2, 0.25) is 0 Å². The fourth-order valence-electron chi connectivity index (χ4n) is 1.54. The van der Waals surface area contributed by atoms with E-state index in [1.54, 1.807) is 0 Å². The zero-order chi connectivity index (χ0) is 14.2. The van der Waals surface area contributed by atoms with Crippen molar-refractivity contribution < 1.29 is 17.6 Å². The number of nitrogens with one attached hydrogen (secondary N) is 1. The fourth-order valence-corrected chi connectivity index (χ4v) is 1.54. The van der Waals surface area contributed by atoms with Crippen molar-refractivity contribution in [3.05, 3.63) is 41.1 Å². The predicted octanol–water partition coefficient (Wildman–Crippen LogP) is 3.05. The highest BCUT2D eigenvalue weighted by Gasteiger charge is 2.16. The maximum Gasteiger partial charge on any atom is 0.194 e. The Morgan fingerprint density at radius 1 is 0.947 bits per heavy atom. The minimum atomic E-state index is -1.57. The van der Waals surface area contributed by atoms with E-state index < -0.39 is 23.3 Å². The van der Waals surface area contributed by atoms with E-state index in [1.165, 1.54) is 14.0 Å². The van der Waals surface area contributed by atoms with E-state index in [1.807, 2.05) is 0 Å². The van der Waals surface area contributed by atoms with Gasteiger partial charge in [0, 0.05) is 12.6 Å². The van der Waals surface area contributed by atoms with E-state index in [4.69, 9.17) is 0 Å². The van der Waals surface area contributed by atoms with Gasteiger partial charge in [-0.25, -0.2) is 27.5 Å². The first-order valence-corrected chi connectivity index (χ1v) is 5.31. The summed E-state index contributed by atoms with van der Waals surface area (Å²) in [7, 11) is 1.44. The van der Waals surface area contributed by atoms with E-state index in [-0.39, 0.29) is 22.9 Å². The number of anilines is 1. The highest BCUT2D eigenvalue weighted by atomic mass is 19.2. The van der Waals surface area contributed by atoms with Crippen LogP contribution in [0, 0.1) is 30.2 Å². The number of nitrogens with zero attached hydrogens (tertiary/aromatic N) is 2. The third kappa shape index (κ3) is 2.35. The van der Waals surface area contributed by atoms with Crippen LogP contribution in [0.2, 0.25) is 0 Å². The molecule has 0 radical (unpaired) electrons. The maximum atomic E-state index is 13.5. The van der Waals surface area contributed by atoms with E-state index in [0.717, 1.165) is 12.1 Å². The number of rotatable bonds is 2. The summed E-state index contributed by atoms with van der Waals surface area (Å²) in [5.41, 5.74) is -0.0597. The van der Waals surface area contributed by atoms with Crippen LogP contribution in [0.15, 0.2) is 12.1 Å². The molecule has 0 unspecified atom stereocenters. The summed E-state index contributed by atoms with van der Waals surface area (Å²) >= 11 is 0. The summed E-state index contributed by atoms with van der Waals surface area (Å²) in [5.74, 6) is -5.14. The Bertz CT molecular complexity index is 620. The van der Waals surface area contributed by atoms with Gasteiger partial charge in [0.1, 0.15) is 0 Å². The van der Waals surface area contributed by atoms with Crippen molar-refractivity contribution in [3.63, 3.8) is 0 Å². The van der Waals surface area contributed by atoms with Crippen molar-refractivity contribution in [2.45, 2.75) is 6.92 Å². The first kappa shape index (κ1) is 13.3. The van der Waals surface area contributed by atoms with Gasteiger partial charge in [-0.05, 0) is 19.1 Å². The third-order valence-electron chi connectivity index (χ3n) is 2.50. The minimum Gasteiger partial charge on any atom is -0.371 e. The van der Waals surface area contributed by atoms with Crippen LogP contribution in [0.4, 0.5) is 23.4 Å². The quantitative estimate of drug-likeness (QED) is 0.674. The third-order valence-corrected chi connectivity index (χ3v) is 2.50. The average molecular weight is 271 g/mol. The molecule has 1 aromatic heterocycles. The Morgan fingerprint density at radius 3 is 2.05 bits per heavy atom. The van der Waals surface area contributed by atoms with Crippen molar-refractivity contribution in [2.24, 2.45) is 0 Å². The Balaban J connectivity index is 2.62. The fraction of sp³-hybridized carbons (Fsp3) is 0.167. The Labute approximate surface area is 106 Å². The van der Waals surface area contributed by atoms with Crippen LogP contribution < -0.4 is 5.32 Å². The molecular formula is C12H9F4N3. The zero-order valence-electron chi connectivity index (χ0n) is 10.1. The minimum absolute atomic E-state index is 0.0134. The topological polar surface area (TPSA) is 37.8 Å². The molecule has 0 atom stereocenters. The van der Waals surface area contributed by atoms with Crippen LogP contribution in [-0.4, -0.2) is 17.0 Å². The number of benzene rings is 1. The molecule has 3 nitrogen and oxygen atoms in total. The smallest absolute Gasteiger partial charge is 0.194 e. The van der Waals surface area contributed by atoms with Gasteiger partial charge < -0.3 is 5.32 Å². The van der Waals surface area contributed by atoms with Crippen molar-refractivity contribution in [1.29, 1.82) is 0 Å². The number of aryl methyl sites for hydroxylation is 1. The summed E-state index contributed by atoms with van der Waals surface area (Å²) < 4.78 is 52.6. The number of hydrogen-bond donors (Lipinski definition) is 1. The number of hydrogen-bond acceptors (Lipinski definition) is 3. The zero-order valence-corrected chi connectivity index (χ0v) is 10.1. The average Bonchev–Trinajstić information content (AvgIpc) is 2.38. The Kier molecular flexibility index (Phi) is 3.37. The van der Waals surface area contributed by atoms with Crippen molar-refractivity contribution in [1.82, 2.24) is 9.97 Å². The molecule has 0 fully saturated rings. The summed E-state index contributed by atoms with van der Waals surface area (Å²) in [6.45, 7) is 1.39. The van der Waals surface area contributed by atoms with Gasteiger partial charge in [-0.2, -0.15) is 0 Å². The van der Waals surface area contributed by atoms with Gasteiger partial charge in [0.25, 0.3) is 0 Å². The molecular weight excluding hydrogens is 262 g/mol. The summed E-state index contributed by atoms with van der Waals surface area (Å²) in [6.07, 6.45) is 0. The molecule has 2 rings (SSSR count). The first-order chi connectivity index (χ1) is 8.93. The lowest BCUT2D eigenvalue weighted by Crippen LogP contribution is -2.04. The molecule has 0 saturated heterocycles. The second-order valence-electron chi connectivity index (χ2n) is 3.80. The second kappa shape index (κ2) is 4.83. The van der Waals surface area contributed by atoms with Crippen LogP contribution in [-0.2, 0) is 0 Å². The molecule has 1 aromatic carbocycles. The van der Waals surface area contributed by atoms with Gasteiger partial charge in [0.05, 0.1) is 5.69 Å². The molecule has 7 heteroatoms. The first-order valence-electron chi connectivity index (χ1n) is 5.31. The van der Waals surface area contributed by atoms with Gasteiger partial charge in [-0.3, -0.25) is 0 Å². The lowest BCUT2D eigenvalue weighted by atomic mass is 10.2. The number of halogens is 4. The molecule has 0 bridgehead atoms. The Morgan fingerprint density at radius 2 is 1.53 bits per heavy atom. The lowest BCUT2D eigenvalue weighted by molar-refractivity contribution is 0.447. The highest BCUT2D eigenvalue weighted by Crippen LogP contribution is 2.24. The SMILES string of the molecule is CNc1nc(-c2cc(F)c(F)c(F)c2)nc(C)c1F. The van der Waals surface area contributed by atoms with E-state index in [9.17, 15) is 17.6 Å². The van der Waals surface area contributed by atoms with Crippen LogP contribution in [0.1, 0.15) is 5.69 Å². The van der Waals surface area contributed by atoms with Gasteiger partial charge in [-0.15, -0.1) is 0 Å². The molecule has 2 aromatic rings. The molecule has 1 N–H and O–H groups in total. The lowest BCUT2D eigenvalue weighted by Gasteiger charge is -2.08. The predicted molar refractivity (Wildman–Crippen MR) is 61.6 cm³/mol. The van der Waals surface area contributed by atoms with Crippen LogP contribution in [0.25, 0.3) is 11.4 Å². The monoisotopic (exact) mass is 271 g/mol. The molecule has 0 saturated carbocycles. The van der Waals surface area contributed by atoms with E-state index in [0.29, 0.717) is 0 Å². The molecule has 1 heterocycles. The Hall–Kier alpha value is -2.18. The van der Waals surface area contributed by atoms with Gasteiger partial charge in [-0.1, -0.05) is 0 Å². The van der Waals surface area contributed by atoms with Crippen molar-refractivity contribution >= 4 is 5.82 Å². The molecule has 0 amide bonds. The summed E-state index contributed by atoms with van der Waals surface area (Å²) in [5, 5.41) is 2.50. The van der Waals surface area contributed by atoms with Crippen molar-refractivity contribution in [3.8, 4) is 11.4 Å². The second-order valence-corrected chi connectivity index (χ2v) is 3.80. The van der Waals surface area contributed by atoms with Gasteiger partial charge >= 0.3 is 0 Å². The molecule has 100 valence electrons. The molecule has 0 spiro atoms. The van der Waals surface area contributed by atoms with Crippen LogP contribution >= 0.6 is 0 Å². The summed E-state index contributed by atoms with van der Waals surface area (Å²) in [4.78, 5) is 7.56. The molecule has 0 aliphatic carbocycles. The van der Waals surface area contributed by atoms with Crippen LogP contribution in [0.3, 0.4) is 0 Å². The summed E-state index contributed by atoms with van der Waals surface area (Å²) in [6, 6.07) is 1.51. The normalized spacial score (nSPS) is 10.6. The maximum absolute atomic E-state index is 13.5. The molecule has 0 aliphatic heterocycles. The highest BCUT2D eigenvalue weighted by molar-refractivity contribution is 5.58. The van der Waals surface area contributed by atoms with E-state index >= 15 is 0 Å². The van der Waals surface area contributed by atoms with Crippen LogP contribution in [0.5, 0.6) is 0 Å². The standard InChI is InChI=1S/C12H9F4N3/c1-5-9(15)12(17-2)19-11(18-5)6-3-7(13)10(16)8(14)4-6/h3-4H,1-2H3,(H,17,18,19). The van der Waals surface area contributed by atoms with Gasteiger partial charge in [0.15, 0.2) is 34.9 Å². The largest absolute Gasteiger partial charge is 0.371 e. The molecule has 19 heavy (non-hydrogen) atoms.